The van der Waals surface area contributed by atoms with Crippen molar-refractivity contribution in [2.24, 2.45) is 0 Å². The van der Waals surface area contributed by atoms with E-state index in [9.17, 15) is 4.79 Å². The van der Waals surface area contributed by atoms with Crippen LogP contribution in [-0.2, 0) is 11.2 Å². The minimum Gasteiger partial charge on any atom is -0.398 e. The lowest BCUT2D eigenvalue weighted by Gasteiger charge is -2.29. The highest BCUT2D eigenvalue weighted by molar-refractivity contribution is 8.00. The molecule has 3 nitrogen and oxygen atoms in total. The molecule has 0 saturated heterocycles. The third-order valence-electron chi connectivity index (χ3n) is 3.68. The van der Waals surface area contributed by atoms with E-state index in [1.54, 1.807) is 0 Å². The molecule has 1 amide bonds. The number of nitrogens with two attached hydrogens (primary N) is 1. The lowest BCUT2D eigenvalue weighted by molar-refractivity contribution is -0.116. The molecule has 1 aliphatic heterocycles. The third-order valence-corrected chi connectivity index (χ3v) is 4.76. The molecule has 1 aliphatic rings. The predicted molar refractivity (Wildman–Crippen MR) is 88.7 cm³/mol. The normalized spacial score (nSPS) is 13.8. The Bertz CT molecular complexity index is 657. The van der Waals surface area contributed by atoms with E-state index in [1.165, 1.54) is 17.3 Å². The van der Waals surface area contributed by atoms with Gasteiger partial charge in [-0.25, -0.2) is 0 Å². The van der Waals surface area contributed by atoms with Crippen LogP contribution in [0.5, 0.6) is 0 Å². The van der Waals surface area contributed by atoms with Gasteiger partial charge in [0.1, 0.15) is 0 Å². The molecule has 0 radical (unpaired) electrons. The summed E-state index contributed by atoms with van der Waals surface area (Å²) in [5, 5.41) is 0. The second kappa shape index (κ2) is 6.22. The van der Waals surface area contributed by atoms with Gasteiger partial charge in [-0.1, -0.05) is 30.3 Å². The molecule has 1 heterocycles. The first-order chi connectivity index (χ1) is 10.3. The van der Waals surface area contributed by atoms with Crippen molar-refractivity contribution in [3.05, 3.63) is 54.1 Å². The monoisotopic (exact) mass is 298 g/mol. The third kappa shape index (κ3) is 3.05. The van der Waals surface area contributed by atoms with Gasteiger partial charge in [0.2, 0.25) is 5.91 Å². The van der Waals surface area contributed by atoms with Crippen LogP contribution >= 0.6 is 11.8 Å². The van der Waals surface area contributed by atoms with Gasteiger partial charge in [-0.05, 0) is 36.6 Å². The minimum atomic E-state index is 0.149. The SMILES string of the molecule is Nc1ccccc1SCC(=O)N1CCCc2ccccc21. The predicted octanol–water partition coefficient (Wildman–Crippen LogP) is 3.34. The Morgan fingerprint density at radius 1 is 1.14 bits per heavy atom. The summed E-state index contributed by atoms with van der Waals surface area (Å²) in [6, 6.07) is 15.8. The zero-order valence-corrected chi connectivity index (χ0v) is 12.6. The standard InChI is InChI=1S/C17H18N2OS/c18-14-8-2-4-10-16(14)21-12-17(20)19-11-5-7-13-6-1-3-9-15(13)19/h1-4,6,8-10H,5,7,11-12,18H2. The van der Waals surface area contributed by atoms with Crippen LogP contribution in [0, 0.1) is 0 Å². The summed E-state index contributed by atoms with van der Waals surface area (Å²) < 4.78 is 0. The van der Waals surface area contributed by atoms with Crippen molar-refractivity contribution in [3.8, 4) is 0 Å². The number of nitrogens with zero attached hydrogens (tertiary/aromatic N) is 1. The van der Waals surface area contributed by atoms with E-state index in [4.69, 9.17) is 5.73 Å². The Morgan fingerprint density at radius 3 is 2.76 bits per heavy atom. The highest BCUT2D eigenvalue weighted by Gasteiger charge is 2.22. The molecular weight excluding hydrogens is 280 g/mol. The number of rotatable bonds is 3. The number of para-hydroxylation sites is 2. The molecule has 0 unspecified atom stereocenters. The molecule has 3 rings (SSSR count). The van der Waals surface area contributed by atoms with E-state index in [1.807, 2.05) is 47.4 Å². The summed E-state index contributed by atoms with van der Waals surface area (Å²) in [6.07, 6.45) is 2.08. The number of aryl methyl sites for hydroxylation is 1. The molecule has 2 aromatic rings. The van der Waals surface area contributed by atoms with Crippen LogP contribution in [0.4, 0.5) is 11.4 Å². The topological polar surface area (TPSA) is 46.3 Å². The maximum atomic E-state index is 12.5. The first-order valence-electron chi connectivity index (χ1n) is 7.11. The van der Waals surface area contributed by atoms with Crippen LogP contribution in [0.25, 0.3) is 0 Å². The zero-order chi connectivity index (χ0) is 14.7. The number of anilines is 2. The van der Waals surface area contributed by atoms with E-state index in [0.717, 1.165) is 35.7 Å². The number of hydrogen-bond donors (Lipinski definition) is 1. The molecule has 4 heteroatoms. The van der Waals surface area contributed by atoms with Crippen molar-refractivity contribution in [3.63, 3.8) is 0 Å². The summed E-state index contributed by atoms with van der Waals surface area (Å²) in [4.78, 5) is 15.4. The number of nitrogen functional groups attached to an aromatic ring is 1. The lowest BCUT2D eigenvalue weighted by atomic mass is 10.0. The maximum absolute atomic E-state index is 12.5. The summed E-state index contributed by atoms with van der Waals surface area (Å²) in [6.45, 7) is 0.806. The molecule has 0 bridgehead atoms. The number of hydrogen-bond acceptors (Lipinski definition) is 3. The van der Waals surface area contributed by atoms with E-state index in [-0.39, 0.29) is 5.91 Å². The van der Waals surface area contributed by atoms with Crippen molar-refractivity contribution < 1.29 is 4.79 Å². The first kappa shape index (κ1) is 14.0. The number of amides is 1. The van der Waals surface area contributed by atoms with Gasteiger partial charge in [0.25, 0.3) is 0 Å². The summed E-state index contributed by atoms with van der Waals surface area (Å²) in [7, 11) is 0. The largest absolute Gasteiger partial charge is 0.398 e. The Balaban J connectivity index is 1.71. The zero-order valence-electron chi connectivity index (χ0n) is 11.8. The van der Waals surface area contributed by atoms with E-state index in [0.29, 0.717) is 5.75 Å². The lowest BCUT2D eigenvalue weighted by Crippen LogP contribution is -2.36. The second-order valence-electron chi connectivity index (χ2n) is 5.10. The Morgan fingerprint density at radius 2 is 1.90 bits per heavy atom. The van der Waals surface area contributed by atoms with E-state index < -0.39 is 0 Å². The summed E-state index contributed by atoms with van der Waals surface area (Å²) in [5.41, 5.74) is 8.98. The van der Waals surface area contributed by atoms with Gasteiger partial charge in [-0.15, -0.1) is 11.8 Å². The van der Waals surface area contributed by atoms with Crippen LogP contribution < -0.4 is 10.6 Å². The number of thioether (sulfide) groups is 1. The fourth-order valence-corrected chi connectivity index (χ4v) is 3.47. The Kier molecular flexibility index (Phi) is 4.15. The van der Waals surface area contributed by atoms with Gasteiger partial charge in [0, 0.05) is 22.8 Å². The molecule has 21 heavy (non-hydrogen) atoms. The van der Waals surface area contributed by atoms with Gasteiger partial charge in [-0.2, -0.15) is 0 Å². The van der Waals surface area contributed by atoms with Gasteiger partial charge >= 0.3 is 0 Å². The van der Waals surface area contributed by atoms with Gasteiger partial charge in [-0.3, -0.25) is 4.79 Å². The first-order valence-corrected chi connectivity index (χ1v) is 8.10. The molecule has 0 fully saturated rings. The van der Waals surface area contributed by atoms with Crippen molar-refractivity contribution in [2.75, 3.05) is 22.9 Å². The smallest absolute Gasteiger partial charge is 0.237 e. The van der Waals surface area contributed by atoms with Gasteiger partial charge in [0.05, 0.1) is 5.75 Å². The average Bonchev–Trinajstić information content (AvgIpc) is 2.53. The fourth-order valence-electron chi connectivity index (χ4n) is 2.62. The number of carbonyl (C=O) groups excluding carboxylic acids is 1. The van der Waals surface area contributed by atoms with Crippen LogP contribution in [0.15, 0.2) is 53.4 Å². The van der Waals surface area contributed by atoms with E-state index >= 15 is 0 Å². The maximum Gasteiger partial charge on any atom is 0.237 e. The molecule has 2 N–H and O–H groups in total. The van der Waals surface area contributed by atoms with E-state index in [2.05, 4.69) is 6.07 Å². The number of benzene rings is 2. The summed E-state index contributed by atoms with van der Waals surface area (Å²) >= 11 is 1.51. The van der Waals surface area contributed by atoms with Crippen molar-refractivity contribution in [1.29, 1.82) is 0 Å². The van der Waals surface area contributed by atoms with Gasteiger partial charge < -0.3 is 10.6 Å². The molecule has 0 saturated carbocycles. The molecule has 0 aliphatic carbocycles. The Hall–Kier alpha value is -1.94. The quantitative estimate of drug-likeness (QED) is 0.698. The van der Waals surface area contributed by atoms with Crippen LogP contribution in [0.2, 0.25) is 0 Å². The second-order valence-corrected chi connectivity index (χ2v) is 6.12. The molecule has 0 atom stereocenters. The average molecular weight is 298 g/mol. The van der Waals surface area contributed by atoms with Crippen LogP contribution in [-0.4, -0.2) is 18.2 Å². The van der Waals surface area contributed by atoms with Crippen LogP contribution in [0.1, 0.15) is 12.0 Å². The van der Waals surface area contributed by atoms with Crippen molar-refractivity contribution in [1.82, 2.24) is 0 Å². The Labute approximate surface area is 129 Å². The molecule has 108 valence electrons. The molecule has 0 aromatic heterocycles. The minimum absolute atomic E-state index is 0.149. The highest BCUT2D eigenvalue weighted by Crippen LogP contribution is 2.29. The number of fused-ring (bicyclic) bond motifs is 1. The van der Waals surface area contributed by atoms with Crippen LogP contribution in [0.3, 0.4) is 0 Å². The number of carbonyl (C=O) groups is 1. The molecule has 2 aromatic carbocycles. The van der Waals surface area contributed by atoms with Crippen molar-refractivity contribution >= 4 is 29.0 Å². The highest BCUT2D eigenvalue weighted by atomic mass is 32.2. The van der Waals surface area contributed by atoms with Crippen molar-refractivity contribution in [2.45, 2.75) is 17.7 Å². The summed E-state index contributed by atoms with van der Waals surface area (Å²) in [5.74, 6) is 0.568. The molecule has 0 spiro atoms. The molecular formula is C17H18N2OS. The van der Waals surface area contributed by atoms with Gasteiger partial charge in [0.15, 0.2) is 0 Å². The fraction of sp³-hybridized carbons (Fsp3) is 0.235.